The van der Waals surface area contributed by atoms with Gasteiger partial charge in [0.05, 0.1) is 43.6 Å². The zero-order valence-corrected chi connectivity index (χ0v) is 39.0. The summed E-state index contributed by atoms with van der Waals surface area (Å²) in [5.41, 5.74) is 6.89. The lowest BCUT2D eigenvalue weighted by molar-refractivity contribution is -0.145. The third-order valence-corrected chi connectivity index (χ3v) is 11.5. The van der Waals surface area contributed by atoms with Gasteiger partial charge in [-0.2, -0.15) is 0 Å². The zero-order valence-electron chi connectivity index (χ0n) is 39.0. The van der Waals surface area contributed by atoms with Gasteiger partial charge in [-0.25, -0.2) is 4.98 Å². The van der Waals surface area contributed by atoms with E-state index >= 15 is 0 Å². The summed E-state index contributed by atoms with van der Waals surface area (Å²) < 4.78 is 0. The lowest BCUT2D eigenvalue weighted by atomic mass is 9.98. The Morgan fingerprint density at radius 2 is 1.41 bits per heavy atom. The van der Waals surface area contributed by atoms with Gasteiger partial charge in [0, 0.05) is 69.0 Å². The van der Waals surface area contributed by atoms with Crippen molar-refractivity contribution in [2.75, 3.05) is 70.6 Å². The first-order valence-electron chi connectivity index (χ1n) is 22.5. The summed E-state index contributed by atoms with van der Waals surface area (Å²) in [4.78, 5) is 106. The van der Waals surface area contributed by atoms with E-state index in [4.69, 9.17) is 5.73 Å². The minimum absolute atomic E-state index is 0.0246. The number of pyridine rings is 1. The molecule has 1 aliphatic rings. The van der Waals surface area contributed by atoms with E-state index in [1.165, 1.54) is 24.4 Å². The summed E-state index contributed by atoms with van der Waals surface area (Å²) in [5, 5.41) is 106. The number of carbonyl (C=O) groups excluding carboxylic acids is 5. The van der Waals surface area contributed by atoms with E-state index in [2.05, 4.69) is 41.1 Å². The van der Waals surface area contributed by atoms with Crippen LogP contribution in [0.5, 0.6) is 0 Å². The summed E-state index contributed by atoms with van der Waals surface area (Å²) in [6.07, 6.45) is -13.6. The molecule has 18 N–H and O–H groups in total. The Balaban J connectivity index is 1.39. The Morgan fingerprint density at radius 1 is 0.803 bits per heavy atom. The van der Waals surface area contributed by atoms with Gasteiger partial charge in [0.25, 0.3) is 11.5 Å². The lowest BCUT2D eigenvalue weighted by Gasteiger charge is -2.33. The van der Waals surface area contributed by atoms with Crippen LogP contribution < -0.4 is 43.2 Å². The van der Waals surface area contributed by atoms with Gasteiger partial charge < -0.3 is 93.5 Å². The highest BCUT2D eigenvalue weighted by molar-refractivity contribution is 5.97. The van der Waals surface area contributed by atoms with Crippen LogP contribution in [-0.4, -0.2) is 227 Å². The van der Waals surface area contributed by atoms with Gasteiger partial charge >= 0.3 is 5.97 Å². The maximum Gasteiger partial charge on any atom is 0.305 e. The number of anilines is 2. The van der Waals surface area contributed by atoms with E-state index in [9.17, 15) is 79.5 Å². The fraction of sp³-hybridized carbons (Fsp3) is 0.558. The smallest absolute Gasteiger partial charge is 0.305 e. The molecule has 0 unspecified atom stereocenters. The molecule has 0 radical (unpaired) electrons. The van der Waals surface area contributed by atoms with Crippen molar-refractivity contribution >= 4 is 58.0 Å². The summed E-state index contributed by atoms with van der Waals surface area (Å²) in [5.74, 6) is -7.14. The highest BCUT2D eigenvalue weighted by atomic mass is 16.4. The number of nitrogens with two attached hydrogens (primary N) is 1. The number of hydrogen-bond acceptors (Lipinski definition) is 21. The van der Waals surface area contributed by atoms with Crippen LogP contribution in [0.15, 0.2) is 41.3 Å². The zero-order chi connectivity index (χ0) is 52.5. The molecule has 2 aromatic heterocycles. The third-order valence-electron chi connectivity index (χ3n) is 11.5. The van der Waals surface area contributed by atoms with Crippen molar-refractivity contribution in [3.8, 4) is 0 Å². The first kappa shape index (κ1) is 57.1. The molecule has 0 aliphatic carbocycles. The van der Waals surface area contributed by atoms with Crippen LogP contribution >= 0.6 is 0 Å². The molecule has 3 aromatic rings. The molecule has 10 atom stereocenters. The van der Waals surface area contributed by atoms with E-state index < -0.39 is 128 Å². The average Bonchev–Trinajstić information content (AvgIpc) is 3.34. The summed E-state index contributed by atoms with van der Waals surface area (Å²) >= 11 is 0. The van der Waals surface area contributed by atoms with Crippen molar-refractivity contribution in [3.05, 3.63) is 58.1 Å². The van der Waals surface area contributed by atoms with Crippen LogP contribution in [0.3, 0.4) is 0 Å². The van der Waals surface area contributed by atoms with Crippen molar-refractivity contribution in [1.29, 1.82) is 0 Å². The van der Waals surface area contributed by atoms with E-state index in [0.29, 0.717) is 36.5 Å². The fourth-order valence-electron chi connectivity index (χ4n) is 7.17. The first-order valence-corrected chi connectivity index (χ1v) is 22.5. The number of nitrogens with one attached hydrogen (secondary N) is 7. The molecule has 3 heterocycles. The highest BCUT2D eigenvalue weighted by Gasteiger charge is 2.41. The molecule has 0 spiro atoms. The predicted molar refractivity (Wildman–Crippen MR) is 250 cm³/mol. The number of amides is 5. The van der Waals surface area contributed by atoms with Crippen molar-refractivity contribution in [2.24, 2.45) is 0 Å². The number of carboxylic acid groups (broad SMARTS) is 1. The number of carbonyl (C=O) groups is 6. The molecule has 1 aliphatic heterocycles. The number of aromatic amines is 1. The Labute approximate surface area is 405 Å². The van der Waals surface area contributed by atoms with Gasteiger partial charge in [0.2, 0.25) is 23.6 Å². The Hall–Kier alpha value is -6.47. The molecule has 392 valence electrons. The number of piperazine rings is 1. The second-order valence-corrected chi connectivity index (χ2v) is 17.1. The second-order valence-electron chi connectivity index (χ2n) is 17.1. The van der Waals surface area contributed by atoms with Crippen molar-refractivity contribution < 1.29 is 74.7 Å². The van der Waals surface area contributed by atoms with Gasteiger partial charge in [0.15, 0.2) is 5.52 Å². The van der Waals surface area contributed by atoms with Crippen molar-refractivity contribution in [1.82, 2.24) is 51.3 Å². The number of carboxylic acids is 1. The molecule has 1 saturated heterocycles. The molecule has 71 heavy (non-hydrogen) atoms. The monoisotopic (exact) mass is 1000 g/mol. The average molecular weight is 1010 g/mol. The number of aliphatic hydroxyl groups excluding tert-OH is 8. The summed E-state index contributed by atoms with van der Waals surface area (Å²) in [6.45, 7) is 2.69. The maximum absolute atomic E-state index is 13.7. The minimum Gasteiger partial charge on any atom is -0.481 e. The van der Waals surface area contributed by atoms with Gasteiger partial charge in [-0.1, -0.05) is 0 Å². The number of nitrogen functional groups attached to an aromatic ring is 1. The van der Waals surface area contributed by atoms with Crippen LogP contribution in [0, 0.1) is 0 Å². The van der Waals surface area contributed by atoms with Gasteiger partial charge in [0.1, 0.15) is 60.6 Å². The van der Waals surface area contributed by atoms with Crippen LogP contribution in [-0.2, 0) is 30.5 Å². The van der Waals surface area contributed by atoms with Crippen LogP contribution in [0.2, 0.25) is 0 Å². The minimum atomic E-state index is -2.41. The lowest BCUT2D eigenvalue weighted by Crippen LogP contribution is -2.64. The molecule has 4 rings (SSSR count). The number of hydrogen-bond donors (Lipinski definition) is 17. The topological polar surface area (TPSA) is 448 Å². The number of aliphatic carboxylic acids is 1. The molecule has 5 amide bonds. The number of likely N-dealkylation sites (N-methyl/N-ethyl adjacent to an activating group) is 1. The summed E-state index contributed by atoms with van der Waals surface area (Å²) in [7, 11) is 1.94. The standard InChI is InChI=1S/C43H64N12O16/c1-21(48-39(67)22-4-6-23(7-5-22)46-17-24-18-47-25-15-29(44)51-42(70)32(25)49-24)3-8-30(60)52-34(38(66)36(64)28(59)20-57)43(71)50-26(16-31(61)62)40(68)53-33(37(65)35(63)27(58)19-56)41(69)45-9-10-55-13-11-54(2)12-14-55/h4-7,15,18,21,26-28,33-38,46,56-59,63-66H,3,8-14,16-17,19-20H2,1-2H3,(H,45,69)(H,48,67)(H,50,71)(H,52,60)(H,53,68)(H,61,62)(H3,44,51,70)/t21-,26+,27-,28-,33+,34+,35-,36-,37-,38-/m1/s1. The van der Waals surface area contributed by atoms with E-state index in [1.807, 2.05) is 22.6 Å². The van der Waals surface area contributed by atoms with E-state index in [-0.39, 0.29) is 36.4 Å². The van der Waals surface area contributed by atoms with Crippen LogP contribution in [0.1, 0.15) is 42.2 Å². The van der Waals surface area contributed by atoms with Crippen molar-refractivity contribution in [3.63, 3.8) is 0 Å². The number of aliphatic hydroxyl groups is 8. The molecule has 0 bridgehead atoms. The highest BCUT2D eigenvalue weighted by Crippen LogP contribution is 2.15. The summed E-state index contributed by atoms with van der Waals surface area (Å²) in [6, 6.07) is 0.515. The quantitative estimate of drug-likeness (QED) is 0.0337. The van der Waals surface area contributed by atoms with Gasteiger partial charge in [-0.15, -0.1) is 0 Å². The number of H-pyrrole nitrogens is 1. The number of nitrogens with zero attached hydrogens (tertiary/aromatic N) is 4. The van der Waals surface area contributed by atoms with E-state index in [1.54, 1.807) is 19.1 Å². The molecular formula is C43H64N12O16. The normalized spacial score (nSPS) is 17.5. The predicted octanol–water partition coefficient (Wildman–Crippen LogP) is -7.15. The molecule has 1 aromatic carbocycles. The number of rotatable bonds is 27. The third kappa shape index (κ3) is 17.1. The van der Waals surface area contributed by atoms with E-state index in [0.717, 1.165) is 13.1 Å². The Bertz CT molecular complexity index is 2340. The molecule has 0 saturated carbocycles. The van der Waals surface area contributed by atoms with Crippen LogP contribution in [0.4, 0.5) is 11.5 Å². The van der Waals surface area contributed by atoms with Crippen molar-refractivity contribution in [2.45, 2.75) is 93.5 Å². The number of benzene rings is 1. The fourth-order valence-corrected chi connectivity index (χ4v) is 7.17. The SMILES string of the molecule is C[C@H](CCC(=O)N[C@H](C(=O)N[C@@H](CC(=O)O)C(=O)N[C@H](C(=O)NCCN1CCN(C)CC1)[C@@H](O)[C@H](O)[C@H](O)CO)[C@@H](O)[C@H](O)[C@H](O)CO)NC(=O)c1ccc(NCc2cnc3cc(N)[nH]c(=O)c3n2)cc1. The van der Waals surface area contributed by atoms with Gasteiger partial charge in [-0.3, -0.25) is 43.4 Å². The first-order chi connectivity index (χ1) is 33.6. The number of aromatic nitrogens is 3. The largest absolute Gasteiger partial charge is 0.481 e. The Kier molecular flexibility index (Phi) is 21.9. The molecular weight excluding hydrogens is 941 g/mol. The second kappa shape index (κ2) is 27.2. The number of fused-ring (bicyclic) bond motifs is 1. The molecule has 1 fully saturated rings. The molecule has 28 nitrogen and oxygen atoms in total. The molecule has 28 heteroatoms. The van der Waals surface area contributed by atoms with Gasteiger partial charge in [-0.05, 0) is 44.7 Å². The maximum atomic E-state index is 13.7. The van der Waals surface area contributed by atoms with Crippen LogP contribution in [0.25, 0.3) is 11.0 Å². The Morgan fingerprint density at radius 3 is 2.00 bits per heavy atom.